The van der Waals surface area contributed by atoms with Gasteiger partial charge in [0.25, 0.3) is 5.69 Å². The first kappa shape index (κ1) is 9.86. The predicted octanol–water partition coefficient (Wildman–Crippen LogP) is 3.63. The maximum atomic E-state index is 10.8. The molecule has 0 aliphatic heterocycles. The quantitative estimate of drug-likeness (QED) is 0.571. The summed E-state index contributed by atoms with van der Waals surface area (Å²) >= 11 is 1.53. The van der Waals surface area contributed by atoms with E-state index in [1.165, 1.54) is 17.4 Å². The monoisotopic (exact) mass is 219 g/mol. The third-order valence-corrected chi connectivity index (χ3v) is 3.26. The topological polar surface area (TPSA) is 43.1 Å². The largest absolute Gasteiger partial charge is 0.278 e. The minimum absolute atomic E-state index is 0.169. The molecule has 1 aromatic carbocycles. The summed E-state index contributed by atoms with van der Waals surface area (Å²) < 4.78 is 0. The highest BCUT2D eigenvalue weighted by molar-refractivity contribution is 7.13. The molecule has 0 saturated heterocycles. The third kappa shape index (κ3) is 1.76. The summed E-state index contributed by atoms with van der Waals surface area (Å²) in [5.41, 5.74) is 1.95. The Hall–Kier alpha value is -1.68. The number of benzene rings is 1. The molecule has 2 rings (SSSR count). The summed E-state index contributed by atoms with van der Waals surface area (Å²) in [6.45, 7) is 1.96. The molecule has 76 valence electrons. The van der Waals surface area contributed by atoms with E-state index in [0.29, 0.717) is 5.56 Å². The van der Waals surface area contributed by atoms with Crippen LogP contribution in [0.2, 0.25) is 0 Å². The summed E-state index contributed by atoms with van der Waals surface area (Å²) in [6.07, 6.45) is 0. The Labute approximate surface area is 91.1 Å². The van der Waals surface area contributed by atoms with Gasteiger partial charge in [0, 0.05) is 10.9 Å². The molecule has 0 unspecified atom stereocenters. The maximum Gasteiger partial charge on any atom is 0.278 e. The zero-order chi connectivity index (χ0) is 10.8. The number of nitro benzene ring substituents is 1. The van der Waals surface area contributed by atoms with Crippen molar-refractivity contribution < 1.29 is 4.92 Å². The van der Waals surface area contributed by atoms with E-state index in [1.54, 1.807) is 12.1 Å². The molecule has 2 aromatic rings. The molecule has 0 fully saturated rings. The van der Waals surface area contributed by atoms with Crippen LogP contribution < -0.4 is 0 Å². The second-order valence-corrected chi connectivity index (χ2v) is 4.12. The Morgan fingerprint density at radius 1 is 1.27 bits per heavy atom. The molecular weight excluding hydrogens is 210 g/mol. The first-order valence-corrected chi connectivity index (χ1v) is 5.36. The highest BCUT2D eigenvalue weighted by Crippen LogP contribution is 2.35. The molecule has 0 N–H and O–H groups in total. The van der Waals surface area contributed by atoms with Gasteiger partial charge in [0.1, 0.15) is 0 Å². The molecule has 3 nitrogen and oxygen atoms in total. The first-order valence-electron chi connectivity index (χ1n) is 4.48. The fraction of sp³-hybridized carbons (Fsp3) is 0.0909. The average Bonchev–Trinajstić information content (AvgIpc) is 2.64. The predicted molar refractivity (Wildman–Crippen MR) is 61.1 cm³/mol. The van der Waals surface area contributed by atoms with Crippen molar-refractivity contribution in [2.24, 2.45) is 0 Å². The molecule has 0 aliphatic rings. The second kappa shape index (κ2) is 3.82. The number of hydrogen-bond donors (Lipinski definition) is 0. The lowest BCUT2D eigenvalue weighted by molar-refractivity contribution is -0.384. The third-order valence-electron chi connectivity index (χ3n) is 2.21. The number of rotatable bonds is 2. The van der Waals surface area contributed by atoms with Crippen LogP contribution >= 0.6 is 11.3 Å². The van der Waals surface area contributed by atoms with Crippen LogP contribution in [0, 0.1) is 17.0 Å². The van der Waals surface area contributed by atoms with Crippen molar-refractivity contribution in [3.63, 3.8) is 0 Å². The molecule has 0 bridgehead atoms. The van der Waals surface area contributed by atoms with Gasteiger partial charge in [0.15, 0.2) is 0 Å². The van der Waals surface area contributed by atoms with Gasteiger partial charge in [-0.2, -0.15) is 0 Å². The van der Waals surface area contributed by atoms with Crippen LogP contribution in [0.1, 0.15) is 5.56 Å². The molecule has 0 spiro atoms. The minimum Gasteiger partial charge on any atom is -0.258 e. The van der Waals surface area contributed by atoms with E-state index in [0.717, 1.165) is 10.4 Å². The van der Waals surface area contributed by atoms with Crippen LogP contribution in [0.4, 0.5) is 5.69 Å². The number of hydrogen-bond acceptors (Lipinski definition) is 3. The van der Waals surface area contributed by atoms with Gasteiger partial charge in [-0.3, -0.25) is 10.1 Å². The van der Waals surface area contributed by atoms with Gasteiger partial charge in [-0.05, 0) is 30.0 Å². The van der Waals surface area contributed by atoms with Gasteiger partial charge >= 0.3 is 0 Å². The summed E-state index contributed by atoms with van der Waals surface area (Å²) in [5.74, 6) is 0. The van der Waals surface area contributed by atoms with Crippen molar-refractivity contribution >= 4 is 17.0 Å². The van der Waals surface area contributed by atoms with Gasteiger partial charge < -0.3 is 0 Å². The molecular formula is C11H9NO2S. The fourth-order valence-corrected chi connectivity index (χ4v) is 2.44. The highest BCUT2D eigenvalue weighted by Gasteiger charge is 2.16. The van der Waals surface area contributed by atoms with Gasteiger partial charge in [-0.25, -0.2) is 0 Å². The van der Waals surface area contributed by atoms with E-state index in [2.05, 4.69) is 0 Å². The standard InChI is InChI=1S/C11H9NO2S/c1-8-6-7-15-11(8)9-4-2-3-5-10(9)12(13)14/h2-7H,1H3. The summed E-state index contributed by atoms with van der Waals surface area (Å²) in [4.78, 5) is 11.5. The Kier molecular flexibility index (Phi) is 2.51. The summed E-state index contributed by atoms with van der Waals surface area (Å²) in [5, 5.41) is 12.8. The molecule has 0 radical (unpaired) electrons. The molecule has 1 aromatic heterocycles. The Morgan fingerprint density at radius 2 is 2.00 bits per heavy atom. The average molecular weight is 219 g/mol. The minimum atomic E-state index is -0.339. The first-order chi connectivity index (χ1) is 7.20. The van der Waals surface area contributed by atoms with E-state index in [-0.39, 0.29) is 10.6 Å². The van der Waals surface area contributed by atoms with Crippen LogP contribution in [-0.4, -0.2) is 4.92 Å². The smallest absolute Gasteiger partial charge is 0.258 e. The van der Waals surface area contributed by atoms with Crippen LogP contribution in [0.25, 0.3) is 10.4 Å². The number of para-hydroxylation sites is 1. The van der Waals surface area contributed by atoms with E-state index < -0.39 is 0 Å². The van der Waals surface area contributed by atoms with Gasteiger partial charge in [0.2, 0.25) is 0 Å². The fourth-order valence-electron chi connectivity index (χ4n) is 1.47. The van der Waals surface area contributed by atoms with Crippen LogP contribution in [-0.2, 0) is 0 Å². The lowest BCUT2D eigenvalue weighted by Gasteiger charge is -2.00. The number of nitro groups is 1. The van der Waals surface area contributed by atoms with Crippen molar-refractivity contribution in [2.45, 2.75) is 6.92 Å². The van der Waals surface area contributed by atoms with Crippen LogP contribution in [0.5, 0.6) is 0 Å². The van der Waals surface area contributed by atoms with Crippen molar-refractivity contribution in [1.82, 2.24) is 0 Å². The van der Waals surface area contributed by atoms with Gasteiger partial charge in [-0.15, -0.1) is 11.3 Å². The molecule has 0 aliphatic carbocycles. The summed E-state index contributed by atoms with van der Waals surface area (Å²) in [7, 11) is 0. The van der Waals surface area contributed by atoms with E-state index in [9.17, 15) is 10.1 Å². The van der Waals surface area contributed by atoms with Gasteiger partial charge in [-0.1, -0.05) is 12.1 Å². The molecule has 4 heteroatoms. The van der Waals surface area contributed by atoms with Crippen molar-refractivity contribution in [2.75, 3.05) is 0 Å². The number of aryl methyl sites for hydroxylation is 1. The highest BCUT2D eigenvalue weighted by atomic mass is 32.1. The van der Waals surface area contributed by atoms with Crippen LogP contribution in [0.3, 0.4) is 0 Å². The molecule has 0 saturated carbocycles. The van der Waals surface area contributed by atoms with Crippen molar-refractivity contribution in [3.8, 4) is 10.4 Å². The zero-order valence-electron chi connectivity index (χ0n) is 8.14. The normalized spacial score (nSPS) is 10.2. The number of nitrogens with zero attached hydrogens (tertiary/aromatic N) is 1. The zero-order valence-corrected chi connectivity index (χ0v) is 8.95. The Morgan fingerprint density at radius 3 is 2.60 bits per heavy atom. The number of thiophene rings is 1. The van der Waals surface area contributed by atoms with E-state index >= 15 is 0 Å². The summed E-state index contributed by atoms with van der Waals surface area (Å²) in [6, 6.07) is 8.80. The lowest BCUT2D eigenvalue weighted by Crippen LogP contribution is -1.90. The Bertz CT molecular complexity index is 505. The lowest BCUT2D eigenvalue weighted by atomic mass is 10.1. The maximum absolute atomic E-state index is 10.8. The van der Waals surface area contributed by atoms with Crippen molar-refractivity contribution in [1.29, 1.82) is 0 Å². The Balaban J connectivity index is 2.63. The van der Waals surface area contributed by atoms with E-state index in [1.807, 2.05) is 24.4 Å². The van der Waals surface area contributed by atoms with Crippen molar-refractivity contribution in [3.05, 3.63) is 51.4 Å². The van der Waals surface area contributed by atoms with Crippen LogP contribution in [0.15, 0.2) is 35.7 Å². The molecule has 1 heterocycles. The SMILES string of the molecule is Cc1ccsc1-c1ccccc1[N+](=O)[O-]. The molecule has 0 atom stereocenters. The second-order valence-electron chi connectivity index (χ2n) is 3.21. The van der Waals surface area contributed by atoms with Gasteiger partial charge in [0.05, 0.1) is 10.5 Å². The molecule has 15 heavy (non-hydrogen) atoms. The molecule has 0 amide bonds. The van der Waals surface area contributed by atoms with E-state index in [4.69, 9.17) is 0 Å².